The first-order valence-electron chi connectivity index (χ1n) is 9.14. The van der Waals surface area contributed by atoms with Crippen LogP contribution < -0.4 is 14.2 Å². The highest BCUT2D eigenvalue weighted by molar-refractivity contribution is 7.92. The SMILES string of the molecule is Cc1c(Cl)cccc1S(=O)(=O)Nc1nc2scnc2nc1OCCOc1ccccc1. The van der Waals surface area contributed by atoms with E-state index >= 15 is 0 Å². The molecule has 0 fully saturated rings. The zero-order chi connectivity index (χ0) is 21.8. The van der Waals surface area contributed by atoms with Gasteiger partial charge in [-0.2, -0.15) is 4.98 Å². The van der Waals surface area contributed by atoms with Gasteiger partial charge in [-0.15, -0.1) is 11.3 Å². The first-order chi connectivity index (χ1) is 14.9. The summed E-state index contributed by atoms with van der Waals surface area (Å²) < 4.78 is 39.7. The van der Waals surface area contributed by atoms with Crippen LogP contribution in [-0.4, -0.2) is 36.6 Å². The predicted octanol–water partition coefficient (Wildman–Crippen LogP) is 4.31. The van der Waals surface area contributed by atoms with Gasteiger partial charge in [-0.25, -0.2) is 18.4 Å². The lowest BCUT2D eigenvalue weighted by Crippen LogP contribution is -2.18. The van der Waals surface area contributed by atoms with Crippen molar-refractivity contribution in [1.82, 2.24) is 15.0 Å². The van der Waals surface area contributed by atoms with Crippen LogP contribution in [0.3, 0.4) is 0 Å². The van der Waals surface area contributed by atoms with Gasteiger partial charge in [0, 0.05) is 5.02 Å². The molecule has 0 aliphatic heterocycles. The second-order valence-corrected chi connectivity index (χ2v) is 9.23. The Bertz CT molecular complexity index is 1310. The van der Waals surface area contributed by atoms with Gasteiger partial charge in [-0.3, -0.25) is 4.72 Å². The first kappa shape index (κ1) is 21.3. The average molecular weight is 477 g/mol. The number of aromatic nitrogens is 3. The fraction of sp³-hybridized carbons (Fsp3) is 0.150. The Balaban J connectivity index is 1.57. The molecule has 2 heterocycles. The lowest BCUT2D eigenvalue weighted by atomic mass is 10.2. The van der Waals surface area contributed by atoms with Crippen molar-refractivity contribution >= 4 is 49.3 Å². The second kappa shape index (κ2) is 9.04. The third-order valence-electron chi connectivity index (χ3n) is 4.23. The van der Waals surface area contributed by atoms with Crippen molar-refractivity contribution in [3.63, 3.8) is 0 Å². The quantitative estimate of drug-likeness (QED) is 0.378. The standard InChI is InChI=1S/C20H17ClN4O4S2/c1-13-15(21)8-5-9-16(13)31(26,27)25-17-19(23-18-20(24-17)30-12-22-18)29-11-10-28-14-6-3-2-4-7-14/h2-9,12H,10-11H2,1H3,(H,24,25). The van der Waals surface area contributed by atoms with E-state index in [1.165, 1.54) is 17.4 Å². The minimum absolute atomic E-state index is 0.0123. The van der Waals surface area contributed by atoms with Gasteiger partial charge in [0.25, 0.3) is 15.9 Å². The molecule has 160 valence electrons. The molecule has 0 saturated carbocycles. The Morgan fingerprint density at radius 1 is 1.03 bits per heavy atom. The molecular weight excluding hydrogens is 460 g/mol. The van der Waals surface area contributed by atoms with Crippen LogP contribution in [0.5, 0.6) is 11.6 Å². The summed E-state index contributed by atoms with van der Waals surface area (Å²) in [6, 6.07) is 13.9. The molecule has 0 spiro atoms. The minimum Gasteiger partial charge on any atom is -0.490 e. The molecule has 0 aliphatic rings. The normalized spacial score (nSPS) is 11.4. The van der Waals surface area contributed by atoms with Gasteiger partial charge < -0.3 is 9.47 Å². The van der Waals surface area contributed by atoms with E-state index in [-0.39, 0.29) is 29.8 Å². The summed E-state index contributed by atoms with van der Waals surface area (Å²) in [5, 5.41) is 0.349. The van der Waals surface area contributed by atoms with Crippen molar-refractivity contribution < 1.29 is 17.9 Å². The molecule has 2 aromatic carbocycles. The number of benzene rings is 2. The Hall–Kier alpha value is -2.95. The van der Waals surface area contributed by atoms with Gasteiger partial charge in [0.05, 0.1) is 10.4 Å². The van der Waals surface area contributed by atoms with Crippen LogP contribution >= 0.6 is 22.9 Å². The number of thiazole rings is 1. The number of sulfonamides is 1. The van der Waals surface area contributed by atoms with Crippen LogP contribution in [0.4, 0.5) is 5.82 Å². The summed E-state index contributed by atoms with van der Waals surface area (Å²) in [6.45, 7) is 2.00. The van der Waals surface area contributed by atoms with E-state index in [0.717, 1.165) is 0 Å². The molecule has 31 heavy (non-hydrogen) atoms. The monoisotopic (exact) mass is 476 g/mol. The summed E-state index contributed by atoms with van der Waals surface area (Å²) in [4.78, 5) is 13.3. The summed E-state index contributed by atoms with van der Waals surface area (Å²) in [5.74, 6) is 0.679. The van der Waals surface area contributed by atoms with Crippen LogP contribution in [0, 0.1) is 6.92 Å². The number of rotatable bonds is 8. The molecule has 8 nitrogen and oxygen atoms in total. The highest BCUT2D eigenvalue weighted by atomic mass is 35.5. The Morgan fingerprint density at radius 3 is 2.61 bits per heavy atom. The third kappa shape index (κ3) is 4.87. The van der Waals surface area contributed by atoms with Gasteiger partial charge in [0.2, 0.25) is 5.82 Å². The van der Waals surface area contributed by atoms with Gasteiger partial charge in [-0.05, 0) is 36.8 Å². The van der Waals surface area contributed by atoms with Gasteiger partial charge in [0.15, 0.2) is 10.5 Å². The predicted molar refractivity (Wildman–Crippen MR) is 120 cm³/mol. The number of ether oxygens (including phenoxy) is 2. The third-order valence-corrected chi connectivity index (χ3v) is 6.83. The van der Waals surface area contributed by atoms with E-state index < -0.39 is 10.0 Å². The number of fused-ring (bicyclic) bond motifs is 1. The van der Waals surface area contributed by atoms with E-state index in [1.807, 2.05) is 30.3 Å². The molecular formula is C20H17ClN4O4S2. The van der Waals surface area contributed by atoms with Crippen molar-refractivity contribution in [2.75, 3.05) is 17.9 Å². The number of anilines is 1. The molecule has 4 rings (SSSR count). The number of halogens is 1. The molecule has 0 bridgehead atoms. The maximum atomic E-state index is 13.0. The van der Waals surface area contributed by atoms with Crippen molar-refractivity contribution in [3.8, 4) is 11.6 Å². The van der Waals surface area contributed by atoms with Gasteiger partial charge in [0.1, 0.15) is 19.0 Å². The Kier molecular flexibility index (Phi) is 6.21. The lowest BCUT2D eigenvalue weighted by Gasteiger charge is -2.14. The smallest absolute Gasteiger partial charge is 0.263 e. The fourth-order valence-corrected chi connectivity index (χ4v) is 4.83. The van der Waals surface area contributed by atoms with Crippen molar-refractivity contribution in [1.29, 1.82) is 0 Å². The molecule has 0 amide bonds. The number of nitrogens with zero attached hydrogens (tertiary/aromatic N) is 3. The van der Waals surface area contributed by atoms with Crippen LogP contribution in [0.1, 0.15) is 5.56 Å². The zero-order valence-electron chi connectivity index (χ0n) is 16.3. The molecule has 0 atom stereocenters. The van der Waals surface area contributed by atoms with Crippen LogP contribution in [-0.2, 0) is 10.0 Å². The highest BCUT2D eigenvalue weighted by Crippen LogP contribution is 2.29. The molecule has 1 N–H and O–H groups in total. The van der Waals surface area contributed by atoms with Crippen molar-refractivity contribution in [2.45, 2.75) is 11.8 Å². The molecule has 0 unspecified atom stereocenters. The summed E-state index contributed by atoms with van der Waals surface area (Å²) in [6.07, 6.45) is 0. The Morgan fingerprint density at radius 2 is 1.81 bits per heavy atom. The topological polar surface area (TPSA) is 103 Å². The van der Waals surface area contributed by atoms with Crippen molar-refractivity contribution in [2.24, 2.45) is 0 Å². The zero-order valence-corrected chi connectivity index (χ0v) is 18.7. The molecule has 2 aromatic heterocycles. The molecule has 4 aromatic rings. The van der Waals surface area contributed by atoms with E-state index in [0.29, 0.717) is 26.8 Å². The van der Waals surface area contributed by atoms with E-state index in [1.54, 1.807) is 24.6 Å². The minimum atomic E-state index is -3.98. The summed E-state index contributed by atoms with van der Waals surface area (Å²) >= 11 is 7.33. The van der Waals surface area contributed by atoms with Crippen LogP contribution in [0.15, 0.2) is 58.9 Å². The van der Waals surface area contributed by atoms with Crippen LogP contribution in [0.2, 0.25) is 5.02 Å². The van der Waals surface area contributed by atoms with Crippen molar-refractivity contribution in [3.05, 3.63) is 64.6 Å². The highest BCUT2D eigenvalue weighted by Gasteiger charge is 2.22. The largest absolute Gasteiger partial charge is 0.490 e. The first-order valence-corrected chi connectivity index (χ1v) is 11.9. The maximum absolute atomic E-state index is 13.0. The molecule has 0 radical (unpaired) electrons. The van der Waals surface area contributed by atoms with E-state index in [2.05, 4.69) is 19.7 Å². The van der Waals surface area contributed by atoms with Crippen LogP contribution in [0.25, 0.3) is 10.5 Å². The average Bonchev–Trinajstić information content (AvgIpc) is 3.20. The lowest BCUT2D eigenvalue weighted by molar-refractivity contribution is 0.213. The van der Waals surface area contributed by atoms with Gasteiger partial charge >= 0.3 is 0 Å². The molecule has 0 saturated heterocycles. The summed E-state index contributed by atoms with van der Waals surface area (Å²) in [5.41, 5.74) is 2.37. The molecule has 11 heteroatoms. The number of nitrogens with one attached hydrogen (secondary N) is 1. The van der Waals surface area contributed by atoms with E-state index in [4.69, 9.17) is 21.1 Å². The number of hydrogen-bond acceptors (Lipinski definition) is 8. The number of para-hydroxylation sites is 1. The fourth-order valence-electron chi connectivity index (χ4n) is 2.73. The second-order valence-electron chi connectivity index (χ2n) is 6.34. The van der Waals surface area contributed by atoms with Gasteiger partial charge in [-0.1, -0.05) is 35.9 Å². The van der Waals surface area contributed by atoms with E-state index in [9.17, 15) is 8.42 Å². The maximum Gasteiger partial charge on any atom is 0.263 e. The Labute approximate surface area is 187 Å². The molecule has 0 aliphatic carbocycles. The summed E-state index contributed by atoms with van der Waals surface area (Å²) in [7, 11) is -3.98. The number of hydrogen-bond donors (Lipinski definition) is 1.